The van der Waals surface area contributed by atoms with Gasteiger partial charge in [0, 0.05) is 5.39 Å². The maximum absolute atomic E-state index is 11.2. The highest BCUT2D eigenvalue weighted by Crippen LogP contribution is 2.30. The number of hydrogen-bond donors (Lipinski definition) is 2. The second kappa shape index (κ2) is 5.99. The van der Waals surface area contributed by atoms with Crippen molar-refractivity contribution in [1.29, 1.82) is 0 Å². The fourth-order valence-electron chi connectivity index (χ4n) is 1.72. The highest BCUT2D eigenvalue weighted by Gasteiger charge is 2.22. The number of hydrogen-bond acceptors (Lipinski definition) is 5. The van der Waals surface area contributed by atoms with Crippen LogP contribution in [0.5, 0.6) is 0 Å². The first-order chi connectivity index (χ1) is 9.08. The minimum atomic E-state index is -0.950. The number of aliphatic carboxylic acids is 1. The van der Waals surface area contributed by atoms with Crippen LogP contribution in [0, 0.1) is 0 Å². The normalized spacial score (nSPS) is 14.2. The fourth-order valence-corrected chi connectivity index (χ4v) is 2.87. The summed E-state index contributed by atoms with van der Waals surface area (Å²) in [4.78, 5) is 19.5. The van der Waals surface area contributed by atoms with E-state index in [4.69, 9.17) is 0 Å². The number of thioether (sulfide) groups is 1. The summed E-state index contributed by atoms with van der Waals surface area (Å²) < 4.78 is 0. The van der Waals surface area contributed by atoms with Crippen molar-refractivity contribution in [2.45, 2.75) is 29.7 Å². The molecule has 0 aliphatic heterocycles. The van der Waals surface area contributed by atoms with Crippen molar-refractivity contribution in [2.75, 3.05) is 0 Å². The largest absolute Gasteiger partial charge is 0.480 e. The lowest BCUT2D eigenvalue weighted by molar-refractivity contribution is -0.136. The molecule has 0 aliphatic carbocycles. The lowest BCUT2D eigenvalue weighted by atomic mass is 10.2. The van der Waals surface area contributed by atoms with Crippen molar-refractivity contribution < 1.29 is 15.0 Å². The maximum atomic E-state index is 11.2. The standard InChI is InChI=1S/C13H14N2O3S/c1-8(16)6-11(13(17)18)19-12-9-4-2-3-5-10(9)14-7-15-12/h2-5,7-8,11,16H,6H2,1H3,(H,17,18)/t8-,11+/m1/s1. The molecular weight excluding hydrogens is 264 g/mol. The van der Waals surface area contributed by atoms with Gasteiger partial charge in [-0.15, -0.1) is 0 Å². The number of carboxylic acid groups (broad SMARTS) is 1. The summed E-state index contributed by atoms with van der Waals surface area (Å²) in [6.07, 6.45) is 0.936. The third kappa shape index (κ3) is 3.42. The number of aliphatic hydroxyl groups is 1. The van der Waals surface area contributed by atoms with Crippen LogP contribution in [-0.4, -0.2) is 37.5 Å². The van der Waals surface area contributed by atoms with Gasteiger partial charge in [0.15, 0.2) is 0 Å². The molecule has 5 nitrogen and oxygen atoms in total. The predicted octanol–water partition coefficient (Wildman–Crippen LogP) is 1.95. The number of fused-ring (bicyclic) bond motifs is 1. The maximum Gasteiger partial charge on any atom is 0.317 e. The zero-order valence-electron chi connectivity index (χ0n) is 10.4. The van der Waals surface area contributed by atoms with Crippen LogP contribution in [0.15, 0.2) is 35.6 Å². The molecule has 1 aromatic carbocycles. The topological polar surface area (TPSA) is 83.3 Å². The van der Waals surface area contributed by atoms with Gasteiger partial charge in [-0.25, -0.2) is 9.97 Å². The van der Waals surface area contributed by atoms with E-state index in [-0.39, 0.29) is 6.42 Å². The van der Waals surface area contributed by atoms with Gasteiger partial charge in [0.25, 0.3) is 0 Å². The number of carbonyl (C=O) groups is 1. The molecule has 2 rings (SSSR count). The van der Waals surface area contributed by atoms with E-state index >= 15 is 0 Å². The molecule has 0 saturated heterocycles. The van der Waals surface area contributed by atoms with Crippen LogP contribution >= 0.6 is 11.8 Å². The Labute approximate surface area is 114 Å². The number of benzene rings is 1. The van der Waals surface area contributed by atoms with Crippen LogP contribution in [0.25, 0.3) is 10.9 Å². The zero-order chi connectivity index (χ0) is 13.8. The first-order valence-corrected chi connectivity index (χ1v) is 6.73. The Morgan fingerprint density at radius 1 is 1.37 bits per heavy atom. The smallest absolute Gasteiger partial charge is 0.317 e. The molecule has 100 valence electrons. The van der Waals surface area contributed by atoms with Crippen molar-refractivity contribution in [3.05, 3.63) is 30.6 Å². The first kappa shape index (κ1) is 13.8. The Hall–Kier alpha value is -1.66. The average Bonchev–Trinajstić information content (AvgIpc) is 2.37. The van der Waals surface area contributed by atoms with Gasteiger partial charge in [-0.2, -0.15) is 0 Å². The molecule has 0 aliphatic rings. The molecule has 2 N–H and O–H groups in total. The molecule has 6 heteroatoms. The van der Waals surface area contributed by atoms with Crippen LogP contribution in [0.3, 0.4) is 0 Å². The number of aromatic nitrogens is 2. The quantitative estimate of drug-likeness (QED) is 0.642. The highest BCUT2D eigenvalue weighted by molar-refractivity contribution is 8.00. The van der Waals surface area contributed by atoms with E-state index in [1.807, 2.05) is 24.3 Å². The summed E-state index contributed by atoms with van der Waals surface area (Å²) in [6, 6.07) is 7.44. The number of nitrogens with zero attached hydrogens (tertiary/aromatic N) is 2. The van der Waals surface area contributed by atoms with E-state index in [1.54, 1.807) is 6.92 Å². The van der Waals surface area contributed by atoms with Gasteiger partial charge >= 0.3 is 5.97 Å². The molecule has 0 spiro atoms. The number of carboxylic acids is 1. The Bertz CT molecular complexity index is 584. The predicted molar refractivity (Wildman–Crippen MR) is 73.1 cm³/mol. The molecule has 0 amide bonds. The van der Waals surface area contributed by atoms with Gasteiger partial charge in [-0.05, 0) is 19.4 Å². The summed E-state index contributed by atoms with van der Waals surface area (Å²) >= 11 is 1.14. The number of rotatable bonds is 5. The van der Waals surface area contributed by atoms with E-state index in [2.05, 4.69) is 9.97 Å². The minimum absolute atomic E-state index is 0.179. The molecule has 0 radical (unpaired) electrons. The van der Waals surface area contributed by atoms with Gasteiger partial charge in [-0.3, -0.25) is 4.79 Å². The number of aliphatic hydroxyl groups excluding tert-OH is 1. The molecule has 0 bridgehead atoms. The molecule has 1 aromatic heterocycles. The Morgan fingerprint density at radius 3 is 2.79 bits per heavy atom. The van der Waals surface area contributed by atoms with Crippen molar-refractivity contribution in [3.8, 4) is 0 Å². The molecule has 19 heavy (non-hydrogen) atoms. The SMILES string of the molecule is C[C@@H](O)C[C@H](Sc1ncnc2ccccc12)C(=O)O. The van der Waals surface area contributed by atoms with Gasteiger partial charge in [-0.1, -0.05) is 30.0 Å². The van der Waals surface area contributed by atoms with E-state index in [9.17, 15) is 15.0 Å². The van der Waals surface area contributed by atoms with Gasteiger partial charge < -0.3 is 10.2 Å². The van der Waals surface area contributed by atoms with E-state index < -0.39 is 17.3 Å². The molecule has 2 atom stereocenters. The number of para-hydroxylation sites is 1. The summed E-state index contributed by atoms with van der Waals surface area (Å²) in [7, 11) is 0. The van der Waals surface area contributed by atoms with Crippen LogP contribution in [0.1, 0.15) is 13.3 Å². The van der Waals surface area contributed by atoms with Crippen molar-refractivity contribution in [2.24, 2.45) is 0 Å². The summed E-state index contributed by atoms with van der Waals surface area (Å²) in [5, 5.41) is 19.3. The third-order valence-electron chi connectivity index (χ3n) is 2.59. The summed E-state index contributed by atoms with van der Waals surface area (Å²) in [5.41, 5.74) is 0.779. The third-order valence-corrected chi connectivity index (χ3v) is 3.82. The van der Waals surface area contributed by atoms with Crippen LogP contribution in [-0.2, 0) is 4.79 Å². The van der Waals surface area contributed by atoms with Crippen molar-refractivity contribution >= 4 is 28.6 Å². The Morgan fingerprint density at radius 2 is 2.11 bits per heavy atom. The fraction of sp³-hybridized carbons (Fsp3) is 0.308. The van der Waals surface area contributed by atoms with E-state index in [0.29, 0.717) is 5.03 Å². The molecule has 0 unspecified atom stereocenters. The monoisotopic (exact) mass is 278 g/mol. The molecule has 1 heterocycles. The molecule has 2 aromatic rings. The second-order valence-electron chi connectivity index (χ2n) is 4.23. The van der Waals surface area contributed by atoms with Gasteiger partial charge in [0.1, 0.15) is 16.6 Å². The van der Waals surface area contributed by atoms with E-state index in [0.717, 1.165) is 22.7 Å². The van der Waals surface area contributed by atoms with Crippen LogP contribution in [0.4, 0.5) is 0 Å². The molecule has 0 fully saturated rings. The van der Waals surface area contributed by atoms with E-state index in [1.165, 1.54) is 6.33 Å². The average molecular weight is 278 g/mol. The lowest BCUT2D eigenvalue weighted by Crippen LogP contribution is -2.21. The van der Waals surface area contributed by atoms with Crippen LogP contribution < -0.4 is 0 Å². The Balaban J connectivity index is 2.31. The molecular formula is C13H14N2O3S. The van der Waals surface area contributed by atoms with Gasteiger partial charge in [0.05, 0.1) is 11.6 Å². The summed E-state index contributed by atoms with van der Waals surface area (Å²) in [5.74, 6) is -0.950. The summed E-state index contributed by atoms with van der Waals surface area (Å²) in [6.45, 7) is 1.58. The van der Waals surface area contributed by atoms with Crippen LogP contribution in [0.2, 0.25) is 0 Å². The van der Waals surface area contributed by atoms with Crippen molar-refractivity contribution in [1.82, 2.24) is 9.97 Å². The minimum Gasteiger partial charge on any atom is -0.480 e. The van der Waals surface area contributed by atoms with Crippen molar-refractivity contribution in [3.63, 3.8) is 0 Å². The lowest BCUT2D eigenvalue weighted by Gasteiger charge is -2.13. The Kier molecular flexibility index (Phi) is 4.34. The van der Waals surface area contributed by atoms with Gasteiger partial charge in [0.2, 0.25) is 0 Å². The molecule has 0 saturated carbocycles. The first-order valence-electron chi connectivity index (χ1n) is 5.85. The zero-order valence-corrected chi connectivity index (χ0v) is 11.2. The second-order valence-corrected chi connectivity index (χ2v) is 5.42. The highest BCUT2D eigenvalue weighted by atomic mass is 32.2.